The third kappa shape index (κ3) is 5.99. The van der Waals surface area contributed by atoms with Gasteiger partial charge in [0.15, 0.2) is 0 Å². The molecule has 0 unspecified atom stereocenters. The standard InChI is InChI=1S/C27H37N3O3S/c1-20(2)26(32)28-23(24-5-4-16-34-24)10-13-29-14-11-27(12-15-29)17-25(31)30(19-27)18-21-6-8-22(33-3)9-7-21/h4-9,16,20,23H,10-15,17-19H2,1-3H3,(H,28,32)/t23-/m0/s1. The van der Waals surface area contributed by atoms with Gasteiger partial charge in [-0.15, -0.1) is 11.3 Å². The highest BCUT2D eigenvalue weighted by molar-refractivity contribution is 7.10. The minimum absolute atomic E-state index is 0.0157. The topological polar surface area (TPSA) is 61.9 Å². The maximum absolute atomic E-state index is 12.8. The second-order valence-electron chi connectivity index (χ2n) is 10.1. The van der Waals surface area contributed by atoms with E-state index in [1.165, 1.54) is 4.88 Å². The van der Waals surface area contributed by atoms with Crippen molar-refractivity contribution in [2.75, 3.05) is 33.3 Å². The molecule has 7 heteroatoms. The number of methoxy groups -OCH3 is 1. The lowest BCUT2D eigenvalue weighted by atomic mass is 9.77. The van der Waals surface area contributed by atoms with Crippen molar-refractivity contribution in [3.8, 4) is 5.75 Å². The molecule has 1 N–H and O–H groups in total. The monoisotopic (exact) mass is 483 g/mol. The molecule has 0 aliphatic carbocycles. The fraction of sp³-hybridized carbons (Fsp3) is 0.556. The van der Waals surface area contributed by atoms with E-state index in [9.17, 15) is 9.59 Å². The first-order valence-electron chi connectivity index (χ1n) is 12.3. The fourth-order valence-corrected chi connectivity index (χ4v) is 5.90. The van der Waals surface area contributed by atoms with Gasteiger partial charge in [0, 0.05) is 36.9 Å². The number of thiophene rings is 1. The quantitative estimate of drug-likeness (QED) is 0.572. The maximum Gasteiger partial charge on any atom is 0.223 e. The SMILES string of the molecule is COc1ccc(CN2CC3(CCN(CC[C@H](NC(=O)C(C)C)c4cccs4)CC3)CC2=O)cc1. The van der Waals surface area contributed by atoms with Crippen LogP contribution in [0.25, 0.3) is 0 Å². The fourth-order valence-electron chi connectivity index (χ4n) is 5.09. The summed E-state index contributed by atoms with van der Waals surface area (Å²) in [6, 6.07) is 12.2. The molecule has 184 valence electrons. The normalized spacial score (nSPS) is 19.1. The van der Waals surface area contributed by atoms with Gasteiger partial charge in [-0.2, -0.15) is 0 Å². The second kappa shape index (κ2) is 10.9. The third-order valence-corrected chi connectivity index (χ3v) is 8.30. The van der Waals surface area contributed by atoms with E-state index < -0.39 is 0 Å². The molecule has 6 nitrogen and oxygen atoms in total. The van der Waals surface area contributed by atoms with Crippen LogP contribution < -0.4 is 10.1 Å². The number of benzene rings is 1. The Morgan fingerprint density at radius 1 is 1.18 bits per heavy atom. The molecule has 2 aliphatic rings. The van der Waals surface area contributed by atoms with Crippen LogP contribution in [0.5, 0.6) is 5.75 Å². The Morgan fingerprint density at radius 3 is 2.53 bits per heavy atom. The van der Waals surface area contributed by atoms with E-state index in [0.29, 0.717) is 13.0 Å². The average molecular weight is 484 g/mol. The van der Waals surface area contributed by atoms with Crippen LogP contribution in [0.3, 0.4) is 0 Å². The number of carbonyl (C=O) groups excluding carboxylic acids is 2. The summed E-state index contributed by atoms with van der Waals surface area (Å²) in [6.07, 6.45) is 3.69. The smallest absolute Gasteiger partial charge is 0.223 e. The van der Waals surface area contributed by atoms with E-state index in [0.717, 1.165) is 56.8 Å². The summed E-state index contributed by atoms with van der Waals surface area (Å²) in [6.45, 7) is 8.39. The highest BCUT2D eigenvalue weighted by Crippen LogP contribution is 2.41. The molecule has 1 atom stereocenters. The zero-order valence-corrected chi connectivity index (χ0v) is 21.4. The number of carbonyl (C=O) groups is 2. The number of nitrogens with zero attached hydrogens (tertiary/aromatic N) is 2. The predicted octanol–water partition coefficient (Wildman–Crippen LogP) is 4.47. The van der Waals surface area contributed by atoms with Gasteiger partial charge in [0.05, 0.1) is 13.2 Å². The van der Waals surface area contributed by atoms with Gasteiger partial charge in [0.2, 0.25) is 11.8 Å². The van der Waals surface area contributed by atoms with Gasteiger partial charge in [-0.05, 0) is 66.9 Å². The first-order chi connectivity index (χ1) is 16.4. The first-order valence-corrected chi connectivity index (χ1v) is 13.2. The van der Waals surface area contributed by atoms with Gasteiger partial charge >= 0.3 is 0 Å². The Bertz CT molecular complexity index is 950. The van der Waals surface area contributed by atoms with E-state index in [1.807, 2.05) is 49.1 Å². The lowest BCUT2D eigenvalue weighted by Crippen LogP contribution is -2.42. The second-order valence-corrected chi connectivity index (χ2v) is 11.1. The zero-order chi connectivity index (χ0) is 24.1. The largest absolute Gasteiger partial charge is 0.497 e. The summed E-state index contributed by atoms with van der Waals surface area (Å²) in [7, 11) is 1.67. The van der Waals surface area contributed by atoms with Crippen molar-refractivity contribution in [2.45, 2.75) is 52.1 Å². The average Bonchev–Trinajstić information content (AvgIpc) is 3.47. The van der Waals surface area contributed by atoms with Crippen LogP contribution in [0, 0.1) is 11.3 Å². The van der Waals surface area contributed by atoms with Crippen LogP contribution in [-0.4, -0.2) is 54.9 Å². The number of piperidine rings is 1. The molecule has 4 rings (SSSR count). The molecule has 0 bridgehead atoms. The van der Waals surface area contributed by atoms with Crippen LogP contribution in [0.2, 0.25) is 0 Å². The Hall–Kier alpha value is -2.38. The van der Waals surface area contributed by atoms with E-state index in [4.69, 9.17) is 4.74 Å². The van der Waals surface area contributed by atoms with Crippen molar-refractivity contribution in [3.05, 3.63) is 52.2 Å². The lowest BCUT2D eigenvalue weighted by molar-refractivity contribution is -0.128. The molecule has 2 aliphatic heterocycles. The molecule has 1 aromatic heterocycles. The molecule has 0 radical (unpaired) electrons. The zero-order valence-electron chi connectivity index (χ0n) is 20.6. The Kier molecular flexibility index (Phi) is 7.94. The van der Waals surface area contributed by atoms with Crippen molar-refractivity contribution < 1.29 is 14.3 Å². The van der Waals surface area contributed by atoms with Crippen LogP contribution in [0.1, 0.15) is 56.0 Å². The summed E-state index contributed by atoms with van der Waals surface area (Å²) < 4.78 is 5.24. The molecule has 2 amide bonds. The summed E-state index contributed by atoms with van der Waals surface area (Å²) >= 11 is 1.71. The lowest BCUT2D eigenvalue weighted by Gasteiger charge is -2.39. The molecular formula is C27H37N3O3S. The minimum Gasteiger partial charge on any atom is -0.497 e. The van der Waals surface area contributed by atoms with Gasteiger partial charge in [-0.3, -0.25) is 9.59 Å². The van der Waals surface area contributed by atoms with Crippen LogP contribution in [0.4, 0.5) is 0 Å². The van der Waals surface area contributed by atoms with E-state index in [2.05, 4.69) is 21.7 Å². The van der Waals surface area contributed by atoms with Crippen LogP contribution in [0.15, 0.2) is 41.8 Å². The van der Waals surface area contributed by atoms with Gasteiger partial charge in [0.25, 0.3) is 0 Å². The van der Waals surface area contributed by atoms with Gasteiger partial charge in [0.1, 0.15) is 5.75 Å². The number of nitrogens with one attached hydrogen (secondary N) is 1. The van der Waals surface area contributed by atoms with Crippen LogP contribution in [-0.2, 0) is 16.1 Å². The third-order valence-electron chi connectivity index (χ3n) is 7.32. The number of ether oxygens (including phenoxy) is 1. The highest BCUT2D eigenvalue weighted by Gasteiger charge is 2.44. The molecule has 2 aromatic rings. The molecule has 1 spiro atoms. The van der Waals surface area contributed by atoms with Crippen molar-refractivity contribution in [3.63, 3.8) is 0 Å². The highest BCUT2D eigenvalue weighted by atomic mass is 32.1. The van der Waals surface area contributed by atoms with E-state index >= 15 is 0 Å². The number of hydrogen-bond donors (Lipinski definition) is 1. The number of amides is 2. The molecular weight excluding hydrogens is 446 g/mol. The maximum atomic E-state index is 12.8. The van der Waals surface area contributed by atoms with E-state index in [1.54, 1.807) is 18.4 Å². The summed E-state index contributed by atoms with van der Waals surface area (Å²) in [4.78, 5) is 30.9. The molecule has 0 saturated carbocycles. The van der Waals surface area contributed by atoms with Gasteiger partial charge in [-0.1, -0.05) is 32.0 Å². The molecule has 34 heavy (non-hydrogen) atoms. The number of likely N-dealkylation sites (tertiary alicyclic amines) is 2. The predicted molar refractivity (Wildman–Crippen MR) is 136 cm³/mol. The molecule has 2 saturated heterocycles. The number of hydrogen-bond acceptors (Lipinski definition) is 5. The van der Waals surface area contributed by atoms with Crippen molar-refractivity contribution in [1.82, 2.24) is 15.1 Å². The molecule has 1 aromatic carbocycles. The Balaban J connectivity index is 1.28. The minimum atomic E-state index is -0.0157. The summed E-state index contributed by atoms with van der Waals surface area (Å²) in [5.41, 5.74) is 1.26. The van der Waals surface area contributed by atoms with Gasteiger partial charge in [-0.25, -0.2) is 0 Å². The molecule has 3 heterocycles. The molecule has 2 fully saturated rings. The van der Waals surface area contributed by atoms with Crippen LogP contribution >= 0.6 is 11.3 Å². The Morgan fingerprint density at radius 2 is 1.91 bits per heavy atom. The first kappa shape index (κ1) is 24.7. The number of rotatable bonds is 9. The van der Waals surface area contributed by atoms with Crippen molar-refractivity contribution in [2.24, 2.45) is 11.3 Å². The van der Waals surface area contributed by atoms with Crippen molar-refractivity contribution >= 4 is 23.2 Å². The Labute approximate surface area is 207 Å². The summed E-state index contributed by atoms with van der Waals surface area (Å²) in [5.74, 6) is 1.21. The van der Waals surface area contributed by atoms with Crippen molar-refractivity contribution in [1.29, 1.82) is 0 Å². The van der Waals surface area contributed by atoms with E-state index in [-0.39, 0.29) is 29.2 Å². The summed E-state index contributed by atoms with van der Waals surface area (Å²) in [5, 5.41) is 5.31. The van der Waals surface area contributed by atoms with Gasteiger partial charge < -0.3 is 19.9 Å².